The summed E-state index contributed by atoms with van der Waals surface area (Å²) in [6, 6.07) is 6.88. The molecule has 0 aliphatic carbocycles. The van der Waals surface area contributed by atoms with E-state index >= 15 is 0 Å². The Morgan fingerprint density at radius 1 is 1.39 bits per heavy atom. The number of carboxylic acids is 1. The molecule has 0 saturated carbocycles. The number of hydrogen-bond donors (Lipinski definition) is 2. The molecule has 2 amide bonds. The molecule has 1 atom stereocenters. The Balaban J connectivity index is 1.68. The molecule has 23 heavy (non-hydrogen) atoms. The molecule has 120 valence electrons. The maximum absolute atomic E-state index is 12.3. The van der Waals surface area contributed by atoms with Crippen LogP contribution in [0.4, 0.5) is 10.5 Å². The lowest BCUT2D eigenvalue weighted by molar-refractivity contribution is -0.143. The summed E-state index contributed by atoms with van der Waals surface area (Å²) >= 11 is 0. The molecule has 1 fully saturated rings. The predicted molar refractivity (Wildman–Crippen MR) is 82.9 cm³/mol. The van der Waals surface area contributed by atoms with Crippen LogP contribution >= 0.6 is 0 Å². The standard InChI is InChI=1S/C16H17N3O4/c20-15(21)12-4-2-7-19(10-12)16(22)18-13-5-1-3-11(9-13)14-17-6-8-23-14/h1,3,5-6,8-9,12H,2,4,7,10H2,(H,18,22)(H,20,21). The van der Waals surface area contributed by atoms with Gasteiger partial charge in [-0.2, -0.15) is 0 Å². The highest BCUT2D eigenvalue weighted by atomic mass is 16.4. The molecular formula is C16H17N3O4. The number of aromatic nitrogens is 1. The van der Waals surface area contributed by atoms with E-state index in [2.05, 4.69) is 10.3 Å². The smallest absolute Gasteiger partial charge is 0.321 e. The minimum absolute atomic E-state index is 0.237. The van der Waals surface area contributed by atoms with Crippen molar-refractivity contribution in [3.63, 3.8) is 0 Å². The van der Waals surface area contributed by atoms with E-state index < -0.39 is 11.9 Å². The van der Waals surface area contributed by atoms with Crippen LogP contribution in [0.2, 0.25) is 0 Å². The molecule has 0 spiro atoms. The van der Waals surface area contributed by atoms with Gasteiger partial charge in [-0.3, -0.25) is 4.79 Å². The monoisotopic (exact) mass is 315 g/mol. The number of carbonyl (C=O) groups excluding carboxylic acids is 1. The number of urea groups is 1. The largest absolute Gasteiger partial charge is 0.481 e. The maximum atomic E-state index is 12.3. The van der Waals surface area contributed by atoms with Crippen LogP contribution in [0.3, 0.4) is 0 Å². The molecule has 1 aliphatic rings. The minimum Gasteiger partial charge on any atom is -0.481 e. The Hall–Kier alpha value is -2.83. The topological polar surface area (TPSA) is 95.7 Å². The van der Waals surface area contributed by atoms with Gasteiger partial charge in [0.2, 0.25) is 5.89 Å². The Morgan fingerprint density at radius 3 is 3.00 bits per heavy atom. The number of carbonyl (C=O) groups is 2. The molecule has 0 radical (unpaired) electrons. The van der Waals surface area contributed by atoms with E-state index in [1.54, 1.807) is 29.3 Å². The van der Waals surface area contributed by atoms with Crippen molar-refractivity contribution in [2.24, 2.45) is 5.92 Å². The second-order valence-electron chi connectivity index (χ2n) is 5.47. The third-order valence-electron chi connectivity index (χ3n) is 3.85. The first kappa shape index (κ1) is 15.1. The number of carboxylic acid groups (broad SMARTS) is 1. The van der Waals surface area contributed by atoms with Gasteiger partial charge in [0.1, 0.15) is 6.26 Å². The fraction of sp³-hybridized carbons (Fsp3) is 0.312. The summed E-state index contributed by atoms with van der Waals surface area (Å²) in [5, 5.41) is 11.9. The summed E-state index contributed by atoms with van der Waals surface area (Å²) in [6.45, 7) is 0.801. The molecule has 0 bridgehead atoms. The summed E-state index contributed by atoms with van der Waals surface area (Å²) < 4.78 is 5.24. The summed E-state index contributed by atoms with van der Waals surface area (Å²) in [7, 11) is 0. The summed E-state index contributed by atoms with van der Waals surface area (Å²) in [4.78, 5) is 29.0. The summed E-state index contributed by atoms with van der Waals surface area (Å²) in [5.41, 5.74) is 1.37. The highest BCUT2D eigenvalue weighted by molar-refractivity contribution is 5.90. The molecule has 2 aromatic rings. The SMILES string of the molecule is O=C(O)C1CCCN(C(=O)Nc2cccc(-c3ncco3)c2)C1. The van der Waals surface area contributed by atoms with Crippen LogP contribution in [0.5, 0.6) is 0 Å². The third-order valence-corrected chi connectivity index (χ3v) is 3.85. The van der Waals surface area contributed by atoms with Crippen molar-refractivity contribution in [1.82, 2.24) is 9.88 Å². The van der Waals surface area contributed by atoms with Gasteiger partial charge in [0.25, 0.3) is 0 Å². The van der Waals surface area contributed by atoms with Crippen LogP contribution in [0.1, 0.15) is 12.8 Å². The Morgan fingerprint density at radius 2 is 2.26 bits per heavy atom. The summed E-state index contributed by atoms with van der Waals surface area (Å²) in [6.07, 6.45) is 4.35. The van der Waals surface area contributed by atoms with Gasteiger partial charge < -0.3 is 19.7 Å². The number of anilines is 1. The van der Waals surface area contributed by atoms with Crippen molar-refractivity contribution in [2.75, 3.05) is 18.4 Å². The van der Waals surface area contributed by atoms with Crippen LogP contribution in [-0.4, -0.2) is 40.1 Å². The van der Waals surface area contributed by atoms with E-state index in [1.807, 2.05) is 6.07 Å². The fourth-order valence-electron chi connectivity index (χ4n) is 2.66. The van der Waals surface area contributed by atoms with Crippen LogP contribution < -0.4 is 5.32 Å². The molecule has 1 aromatic carbocycles. The van der Waals surface area contributed by atoms with E-state index in [1.165, 1.54) is 6.26 Å². The normalized spacial score (nSPS) is 17.7. The maximum Gasteiger partial charge on any atom is 0.321 e. The number of nitrogens with zero attached hydrogens (tertiary/aromatic N) is 2. The molecule has 7 heteroatoms. The van der Waals surface area contributed by atoms with Crippen molar-refractivity contribution < 1.29 is 19.1 Å². The molecule has 1 unspecified atom stereocenters. The zero-order valence-corrected chi connectivity index (χ0v) is 12.4. The lowest BCUT2D eigenvalue weighted by Crippen LogP contribution is -2.44. The summed E-state index contributed by atoms with van der Waals surface area (Å²) in [5.74, 6) is -0.869. The molecule has 1 aromatic heterocycles. The number of amides is 2. The Labute approximate surface area is 132 Å². The van der Waals surface area contributed by atoms with Crippen molar-refractivity contribution in [3.05, 3.63) is 36.7 Å². The molecule has 7 nitrogen and oxygen atoms in total. The van der Waals surface area contributed by atoms with Crippen molar-refractivity contribution in [1.29, 1.82) is 0 Å². The second kappa shape index (κ2) is 6.51. The van der Waals surface area contributed by atoms with Crippen molar-refractivity contribution in [2.45, 2.75) is 12.8 Å². The van der Waals surface area contributed by atoms with Gasteiger partial charge in [-0.25, -0.2) is 9.78 Å². The molecule has 2 heterocycles. The number of hydrogen-bond acceptors (Lipinski definition) is 4. The van der Waals surface area contributed by atoms with Gasteiger partial charge in [0.05, 0.1) is 12.1 Å². The van der Waals surface area contributed by atoms with Gasteiger partial charge in [0, 0.05) is 24.3 Å². The van der Waals surface area contributed by atoms with Crippen LogP contribution in [0, 0.1) is 5.92 Å². The highest BCUT2D eigenvalue weighted by Gasteiger charge is 2.28. The van der Waals surface area contributed by atoms with Crippen molar-refractivity contribution in [3.8, 4) is 11.5 Å². The van der Waals surface area contributed by atoms with Gasteiger partial charge in [-0.1, -0.05) is 6.07 Å². The molecular weight excluding hydrogens is 298 g/mol. The number of oxazole rings is 1. The molecule has 2 N–H and O–H groups in total. The number of piperidine rings is 1. The first-order valence-corrected chi connectivity index (χ1v) is 7.42. The fourth-order valence-corrected chi connectivity index (χ4v) is 2.66. The van der Waals surface area contributed by atoms with Crippen LogP contribution in [0.25, 0.3) is 11.5 Å². The number of aliphatic carboxylic acids is 1. The van der Waals surface area contributed by atoms with Gasteiger partial charge >= 0.3 is 12.0 Å². The average molecular weight is 315 g/mol. The first-order chi connectivity index (χ1) is 11.1. The number of rotatable bonds is 3. The predicted octanol–water partition coefficient (Wildman–Crippen LogP) is 2.67. The number of benzene rings is 1. The van der Waals surface area contributed by atoms with E-state index in [-0.39, 0.29) is 12.6 Å². The third kappa shape index (κ3) is 3.50. The van der Waals surface area contributed by atoms with E-state index in [0.717, 1.165) is 5.56 Å². The van der Waals surface area contributed by atoms with Gasteiger partial charge in [-0.15, -0.1) is 0 Å². The van der Waals surface area contributed by atoms with Crippen LogP contribution in [-0.2, 0) is 4.79 Å². The zero-order chi connectivity index (χ0) is 16.2. The highest BCUT2D eigenvalue weighted by Crippen LogP contribution is 2.22. The van der Waals surface area contributed by atoms with Gasteiger partial charge in [-0.05, 0) is 31.0 Å². The first-order valence-electron chi connectivity index (χ1n) is 7.42. The van der Waals surface area contributed by atoms with Crippen molar-refractivity contribution >= 4 is 17.7 Å². The zero-order valence-electron chi connectivity index (χ0n) is 12.4. The Kier molecular flexibility index (Phi) is 4.27. The van der Waals surface area contributed by atoms with E-state index in [9.17, 15) is 9.59 Å². The Bertz CT molecular complexity index is 699. The van der Waals surface area contributed by atoms with E-state index in [0.29, 0.717) is 31.0 Å². The number of likely N-dealkylation sites (tertiary alicyclic amines) is 1. The molecule has 1 saturated heterocycles. The van der Waals surface area contributed by atoms with Gasteiger partial charge in [0.15, 0.2) is 0 Å². The van der Waals surface area contributed by atoms with Crippen LogP contribution in [0.15, 0.2) is 41.1 Å². The average Bonchev–Trinajstić information content (AvgIpc) is 3.10. The molecule has 3 rings (SSSR count). The number of nitrogens with one attached hydrogen (secondary N) is 1. The van der Waals surface area contributed by atoms with E-state index in [4.69, 9.17) is 9.52 Å². The lowest BCUT2D eigenvalue weighted by atomic mass is 9.99. The quantitative estimate of drug-likeness (QED) is 0.908. The lowest BCUT2D eigenvalue weighted by Gasteiger charge is -2.30. The minimum atomic E-state index is -0.853. The molecule has 1 aliphatic heterocycles. The second-order valence-corrected chi connectivity index (χ2v) is 5.47.